The van der Waals surface area contributed by atoms with Crippen LogP contribution in [0.1, 0.15) is 52.2 Å². The van der Waals surface area contributed by atoms with E-state index in [9.17, 15) is 13.2 Å². The van der Waals surface area contributed by atoms with Crippen molar-refractivity contribution >= 4 is 15.9 Å². The van der Waals surface area contributed by atoms with Gasteiger partial charge in [0.2, 0.25) is 15.9 Å². The Hall–Kier alpha value is -1.38. The van der Waals surface area contributed by atoms with Crippen molar-refractivity contribution in [2.24, 2.45) is 5.92 Å². The molecule has 27 heavy (non-hydrogen) atoms. The van der Waals surface area contributed by atoms with Crippen molar-refractivity contribution in [1.82, 2.24) is 14.5 Å². The minimum Gasteiger partial charge on any atom is -0.467 e. The molecule has 3 heterocycles. The number of hydrogen-bond acceptors (Lipinski definition) is 5. The third-order valence-electron chi connectivity index (χ3n) is 5.53. The Morgan fingerprint density at radius 2 is 2.04 bits per heavy atom. The van der Waals surface area contributed by atoms with Gasteiger partial charge < -0.3 is 9.32 Å². The first-order valence-corrected chi connectivity index (χ1v) is 11.5. The molecular formula is C19H31N3O4S. The van der Waals surface area contributed by atoms with E-state index in [2.05, 4.69) is 19.2 Å². The fourth-order valence-electron chi connectivity index (χ4n) is 4.22. The minimum absolute atomic E-state index is 0.0879. The first-order chi connectivity index (χ1) is 12.8. The quantitative estimate of drug-likeness (QED) is 0.762. The molecule has 2 aliphatic rings. The molecule has 1 aromatic heterocycles. The third-order valence-corrected chi connectivity index (χ3v) is 7.61. The highest BCUT2D eigenvalue weighted by molar-refractivity contribution is 7.89. The molecule has 1 unspecified atom stereocenters. The summed E-state index contributed by atoms with van der Waals surface area (Å²) in [6.07, 6.45) is 4.18. The molecule has 8 heteroatoms. The molecule has 1 aromatic rings. The van der Waals surface area contributed by atoms with Gasteiger partial charge in [0.1, 0.15) is 5.76 Å². The van der Waals surface area contributed by atoms with Crippen LogP contribution < -0.4 is 5.32 Å². The van der Waals surface area contributed by atoms with Crippen LogP contribution in [-0.4, -0.2) is 54.1 Å². The minimum atomic E-state index is -3.21. The zero-order valence-electron chi connectivity index (χ0n) is 16.5. The molecule has 2 fully saturated rings. The van der Waals surface area contributed by atoms with Crippen molar-refractivity contribution in [3.63, 3.8) is 0 Å². The number of nitrogens with one attached hydrogen (secondary N) is 1. The highest BCUT2D eigenvalue weighted by Gasteiger charge is 2.52. The van der Waals surface area contributed by atoms with E-state index in [1.807, 2.05) is 24.0 Å². The highest BCUT2D eigenvalue weighted by Crippen LogP contribution is 2.36. The second kappa shape index (κ2) is 7.93. The van der Waals surface area contributed by atoms with Gasteiger partial charge in [0.25, 0.3) is 0 Å². The number of hydrogen-bond donors (Lipinski definition) is 1. The number of furan rings is 1. The lowest BCUT2D eigenvalue weighted by molar-refractivity contribution is -0.134. The third kappa shape index (κ3) is 4.22. The molecule has 0 radical (unpaired) electrons. The van der Waals surface area contributed by atoms with E-state index in [1.54, 1.807) is 10.6 Å². The maximum Gasteiger partial charge on any atom is 0.241 e. The summed E-state index contributed by atoms with van der Waals surface area (Å²) in [5.74, 6) is 1.41. The zero-order valence-corrected chi connectivity index (χ0v) is 17.3. The van der Waals surface area contributed by atoms with E-state index in [0.29, 0.717) is 44.8 Å². The van der Waals surface area contributed by atoms with Crippen LogP contribution in [0, 0.1) is 5.92 Å². The lowest BCUT2D eigenvalue weighted by atomic mass is 9.97. The highest BCUT2D eigenvalue weighted by atomic mass is 32.2. The predicted octanol–water partition coefficient (Wildman–Crippen LogP) is 2.16. The summed E-state index contributed by atoms with van der Waals surface area (Å²) in [5.41, 5.74) is -0.498. The summed E-state index contributed by atoms with van der Waals surface area (Å²) in [7, 11) is -3.21. The number of rotatable bonds is 7. The maximum absolute atomic E-state index is 13.1. The van der Waals surface area contributed by atoms with Crippen LogP contribution in [0.15, 0.2) is 22.8 Å². The van der Waals surface area contributed by atoms with Crippen molar-refractivity contribution in [2.45, 2.75) is 64.7 Å². The van der Waals surface area contributed by atoms with Gasteiger partial charge in [-0.3, -0.25) is 10.1 Å². The van der Waals surface area contributed by atoms with Crippen molar-refractivity contribution < 1.29 is 17.6 Å². The van der Waals surface area contributed by atoms with Crippen LogP contribution in [0.5, 0.6) is 0 Å². The van der Waals surface area contributed by atoms with Crippen LogP contribution in [-0.2, 0) is 21.4 Å². The Bertz CT molecular complexity index is 737. The van der Waals surface area contributed by atoms with E-state index in [0.717, 1.165) is 12.2 Å². The van der Waals surface area contributed by atoms with Gasteiger partial charge in [-0.1, -0.05) is 20.8 Å². The van der Waals surface area contributed by atoms with E-state index in [4.69, 9.17) is 4.42 Å². The lowest BCUT2D eigenvalue weighted by Crippen LogP contribution is -2.59. The summed E-state index contributed by atoms with van der Waals surface area (Å²) in [6, 6.07) is 3.47. The smallest absolute Gasteiger partial charge is 0.241 e. The van der Waals surface area contributed by atoms with Gasteiger partial charge in [0, 0.05) is 13.1 Å². The largest absolute Gasteiger partial charge is 0.467 e. The van der Waals surface area contributed by atoms with Gasteiger partial charge in [0.15, 0.2) is 0 Å². The van der Waals surface area contributed by atoms with Gasteiger partial charge in [-0.2, -0.15) is 0 Å². The van der Waals surface area contributed by atoms with Crippen LogP contribution in [0.4, 0.5) is 0 Å². The number of sulfonamides is 1. The molecule has 0 aliphatic carbocycles. The first-order valence-electron chi connectivity index (χ1n) is 9.87. The van der Waals surface area contributed by atoms with E-state index < -0.39 is 15.7 Å². The molecule has 1 atom stereocenters. The molecule has 2 saturated heterocycles. The monoisotopic (exact) mass is 397 g/mol. The van der Waals surface area contributed by atoms with E-state index >= 15 is 0 Å². The second-order valence-electron chi connectivity index (χ2n) is 8.08. The second-order valence-corrected chi connectivity index (χ2v) is 10.2. The zero-order chi connectivity index (χ0) is 19.7. The van der Waals surface area contributed by atoms with Crippen molar-refractivity contribution in [3.8, 4) is 0 Å². The molecule has 3 rings (SSSR count). The van der Waals surface area contributed by atoms with Gasteiger partial charge in [-0.15, -0.1) is 0 Å². The first kappa shape index (κ1) is 20.4. The number of nitrogens with zero attached hydrogens (tertiary/aromatic N) is 2. The van der Waals surface area contributed by atoms with Crippen molar-refractivity contribution in [3.05, 3.63) is 24.2 Å². The summed E-state index contributed by atoms with van der Waals surface area (Å²) < 4.78 is 31.9. The molecule has 0 aromatic carbocycles. The number of carbonyl (C=O) groups excluding carboxylic acids is 1. The molecule has 2 aliphatic heterocycles. The molecular weight excluding hydrogens is 366 g/mol. The standard InChI is InChI=1S/C19H31N3O4S/c1-4-12-27(24,25)21-9-7-19(8-10-21)20-17(13-15(2)3)18(23)22(19)14-16-6-5-11-26-16/h5-6,11,15,17,20H,4,7-10,12-14H2,1-3H3. The van der Waals surface area contributed by atoms with Gasteiger partial charge in [-0.05, 0) is 43.7 Å². The van der Waals surface area contributed by atoms with Crippen LogP contribution in [0.25, 0.3) is 0 Å². The molecule has 1 N–H and O–H groups in total. The van der Waals surface area contributed by atoms with Crippen LogP contribution in [0.3, 0.4) is 0 Å². The fraction of sp³-hybridized carbons (Fsp3) is 0.737. The Morgan fingerprint density at radius 1 is 1.33 bits per heavy atom. The molecule has 7 nitrogen and oxygen atoms in total. The van der Waals surface area contributed by atoms with E-state index in [-0.39, 0.29) is 17.7 Å². The molecule has 0 bridgehead atoms. The summed E-state index contributed by atoms with van der Waals surface area (Å²) in [5, 5.41) is 3.57. The molecule has 1 amide bonds. The Morgan fingerprint density at radius 3 is 2.59 bits per heavy atom. The van der Waals surface area contributed by atoms with Gasteiger partial charge in [0.05, 0.1) is 30.3 Å². The Labute approximate surface area is 162 Å². The Balaban J connectivity index is 1.79. The Kier molecular flexibility index (Phi) is 5.98. The summed E-state index contributed by atoms with van der Waals surface area (Å²) in [6.45, 7) is 7.38. The molecule has 152 valence electrons. The average Bonchev–Trinajstić information content (AvgIpc) is 3.19. The van der Waals surface area contributed by atoms with Gasteiger partial charge in [-0.25, -0.2) is 12.7 Å². The van der Waals surface area contributed by atoms with Crippen molar-refractivity contribution in [1.29, 1.82) is 0 Å². The van der Waals surface area contributed by atoms with E-state index in [1.165, 1.54) is 0 Å². The lowest BCUT2D eigenvalue weighted by Gasteiger charge is -2.44. The fourth-order valence-corrected chi connectivity index (χ4v) is 5.73. The van der Waals surface area contributed by atoms with Crippen molar-refractivity contribution in [2.75, 3.05) is 18.8 Å². The normalized spacial score (nSPS) is 23.6. The van der Waals surface area contributed by atoms with Crippen LogP contribution >= 0.6 is 0 Å². The maximum atomic E-state index is 13.1. The number of amides is 1. The van der Waals surface area contributed by atoms with Crippen LogP contribution in [0.2, 0.25) is 0 Å². The molecule has 0 saturated carbocycles. The topological polar surface area (TPSA) is 82.9 Å². The summed E-state index contributed by atoms with van der Waals surface area (Å²) >= 11 is 0. The predicted molar refractivity (Wildman–Crippen MR) is 103 cm³/mol. The average molecular weight is 398 g/mol. The number of piperidine rings is 1. The number of carbonyl (C=O) groups is 1. The van der Waals surface area contributed by atoms with Gasteiger partial charge >= 0.3 is 0 Å². The summed E-state index contributed by atoms with van der Waals surface area (Å²) in [4.78, 5) is 15.0. The SMILES string of the molecule is CCCS(=O)(=O)N1CCC2(CC1)NC(CC(C)C)C(=O)N2Cc1ccco1. The molecule has 1 spiro atoms.